The maximum Gasteiger partial charge on any atom is 0.410 e. The monoisotopic (exact) mass is 1070 g/mol. The molecule has 0 fully saturated rings. The number of hydrogen-bond acceptors (Lipinski definition) is 11. The number of amides is 8. The second-order valence-electron chi connectivity index (χ2n) is 21.9. The molecule has 77 heavy (non-hydrogen) atoms. The number of carboxylic acids is 2. The fourth-order valence-electron chi connectivity index (χ4n) is 8.88. The summed E-state index contributed by atoms with van der Waals surface area (Å²) in [5.74, 6) is -6.01. The number of carboxylic acid groups (broad SMARTS) is 2. The van der Waals surface area contributed by atoms with Crippen LogP contribution >= 0.6 is 0 Å². The highest BCUT2D eigenvalue weighted by Gasteiger charge is 2.46. The Morgan fingerprint density at radius 3 is 1.96 bits per heavy atom. The molecule has 1 heterocycles. The maximum absolute atomic E-state index is 15.2. The van der Waals surface area contributed by atoms with Crippen LogP contribution < -0.4 is 38.1 Å². The number of fused-ring (bicyclic) bond motifs is 1. The number of aromatic nitrogens is 1. The number of aliphatic carboxylic acids is 2. The number of nitrogens with zero attached hydrogens (tertiary/aromatic N) is 3. The van der Waals surface area contributed by atoms with Gasteiger partial charge in [-0.1, -0.05) is 98.7 Å². The van der Waals surface area contributed by atoms with E-state index in [1.165, 1.54) is 36.9 Å². The molecule has 11 N–H and O–H groups in total. The molecule has 1 aromatic heterocycles. The van der Waals surface area contributed by atoms with Crippen molar-refractivity contribution in [3.63, 3.8) is 0 Å². The summed E-state index contributed by atoms with van der Waals surface area (Å²) in [6.45, 7) is 17.7. The molecular formula is C55H82N10O12. The Morgan fingerprint density at radius 2 is 1.40 bits per heavy atom. The fraction of sp³-hybridized carbons (Fsp3) is 0.545. The molecule has 2 aromatic carbocycles. The lowest BCUT2D eigenvalue weighted by atomic mass is 9.76. The summed E-state index contributed by atoms with van der Waals surface area (Å²) in [7, 11) is 4.85. The third-order valence-electron chi connectivity index (χ3n) is 13.6. The summed E-state index contributed by atoms with van der Waals surface area (Å²) < 4.78 is 7.77. The molecule has 3 aromatic rings. The number of carbonyl (C=O) groups excluding carboxylic acids is 7. The molecule has 0 saturated carbocycles. The molecule has 424 valence electrons. The number of benzene rings is 2. The molecule has 0 aliphatic rings. The van der Waals surface area contributed by atoms with Gasteiger partial charge in [-0.15, -0.1) is 0 Å². The Labute approximate surface area is 451 Å². The number of urea groups is 1. The number of aryl methyl sites for hydroxylation is 1. The molecule has 0 radical (unpaired) electrons. The highest BCUT2D eigenvalue weighted by Crippen LogP contribution is 2.37. The maximum atomic E-state index is 15.2. The number of rotatable bonds is 27. The molecule has 22 nitrogen and oxygen atoms in total. The van der Waals surface area contributed by atoms with E-state index in [-0.39, 0.29) is 36.9 Å². The van der Waals surface area contributed by atoms with Crippen LogP contribution in [0.15, 0.2) is 66.4 Å². The van der Waals surface area contributed by atoms with Crippen molar-refractivity contribution in [3.8, 4) is 0 Å². The number of carbonyl (C=O) groups is 9. The second-order valence-corrected chi connectivity index (χ2v) is 21.9. The number of unbranched alkanes of at least 4 members (excludes halogenated alkanes) is 1. The van der Waals surface area contributed by atoms with Crippen LogP contribution in [0.25, 0.3) is 10.9 Å². The molecular weight excluding hydrogens is 993 g/mol. The van der Waals surface area contributed by atoms with Crippen LogP contribution in [0.3, 0.4) is 0 Å². The van der Waals surface area contributed by atoms with Gasteiger partial charge in [0, 0.05) is 67.9 Å². The van der Waals surface area contributed by atoms with Crippen molar-refractivity contribution >= 4 is 70.2 Å². The molecule has 0 bridgehead atoms. The van der Waals surface area contributed by atoms with Crippen molar-refractivity contribution in [2.24, 2.45) is 35.8 Å². The van der Waals surface area contributed by atoms with Gasteiger partial charge in [0.05, 0.1) is 12.1 Å². The molecule has 0 spiro atoms. The summed E-state index contributed by atoms with van der Waals surface area (Å²) in [6, 6.07) is 6.99. The van der Waals surface area contributed by atoms with E-state index in [4.69, 9.17) is 21.3 Å². The quantitative estimate of drug-likeness (QED) is 0.0369. The first-order chi connectivity index (χ1) is 35.8. The van der Waals surface area contributed by atoms with Gasteiger partial charge < -0.3 is 62.5 Å². The summed E-state index contributed by atoms with van der Waals surface area (Å²) in [5.41, 5.74) is 11.8. The Hall–Kier alpha value is -7.49. The Morgan fingerprint density at radius 1 is 0.779 bits per heavy atom. The van der Waals surface area contributed by atoms with E-state index in [1.54, 1.807) is 58.9 Å². The number of para-hydroxylation sites is 1. The predicted molar refractivity (Wildman–Crippen MR) is 292 cm³/mol. The van der Waals surface area contributed by atoms with Gasteiger partial charge in [0.25, 0.3) is 0 Å². The van der Waals surface area contributed by atoms with Crippen LogP contribution in [-0.4, -0.2) is 135 Å². The molecule has 8 amide bonds. The van der Waals surface area contributed by atoms with Crippen LogP contribution in [0.5, 0.6) is 0 Å². The van der Waals surface area contributed by atoms with Gasteiger partial charge in [-0.2, -0.15) is 0 Å². The van der Waals surface area contributed by atoms with E-state index in [1.807, 2.05) is 69.8 Å². The molecule has 3 rings (SSSR count). The Bertz CT molecular complexity index is 2620. The van der Waals surface area contributed by atoms with Crippen molar-refractivity contribution < 1.29 is 58.1 Å². The standard InChI is InChI=1S/C55H82N10O12/c1-31(2)41(28-33(5)46(68)61-39(51(73)74)25-26-42(66)67)64(12)50(72)44(54(6,7)8)62-49(71)45(55(9,10)37-29-63(11)40-20-15-14-18-36(37)40)65(13)53(76)77-30-34-21-23-35(24-22-34)59-47(69)38(19-16-17-27-58-52(57)75)60-48(70)43(56)32(3)4/h14-15,18,20-24,28-29,31-32,38-39,41,43-45H,16-17,19,25-27,30,56H2,1-13H3,(H,59,69)(H,60,70)(H,61,68)(H,62,71)(H,66,67)(H,73,74)(H3,57,58,75)/b33-28+/t38-,39+,41+,43?,44+,45+/m0/s1. The average Bonchev–Trinajstić information content (AvgIpc) is 3.70. The molecule has 1 unspecified atom stereocenters. The predicted octanol–water partition coefficient (Wildman–Crippen LogP) is 4.73. The molecule has 0 aliphatic carbocycles. The number of primary amides is 1. The van der Waals surface area contributed by atoms with E-state index < -0.39 is 107 Å². The van der Waals surface area contributed by atoms with E-state index in [0.717, 1.165) is 16.5 Å². The number of ether oxygens (including phenoxy) is 1. The van der Waals surface area contributed by atoms with E-state index in [9.17, 15) is 43.5 Å². The number of anilines is 1. The smallest absolute Gasteiger partial charge is 0.410 e. The third-order valence-corrected chi connectivity index (χ3v) is 13.6. The molecule has 6 atom stereocenters. The minimum Gasteiger partial charge on any atom is -0.481 e. The van der Waals surface area contributed by atoms with Crippen LogP contribution in [0.1, 0.15) is 112 Å². The molecule has 22 heteroatoms. The summed E-state index contributed by atoms with van der Waals surface area (Å²) in [5, 5.41) is 33.0. The van der Waals surface area contributed by atoms with Gasteiger partial charge in [-0.3, -0.25) is 33.7 Å². The zero-order valence-corrected chi connectivity index (χ0v) is 46.8. The van der Waals surface area contributed by atoms with Crippen molar-refractivity contribution in [1.82, 2.24) is 35.6 Å². The highest BCUT2D eigenvalue weighted by molar-refractivity contribution is 5.98. The van der Waals surface area contributed by atoms with Crippen molar-refractivity contribution in [1.29, 1.82) is 0 Å². The van der Waals surface area contributed by atoms with Crippen LogP contribution in [0.4, 0.5) is 15.3 Å². The normalized spacial score (nSPS) is 14.3. The third kappa shape index (κ3) is 18.1. The number of hydrogen-bond donors (Lipinski definition) is 9. The van der Waals surface area contributed by atoms with Crippen LogP contribution in [0, 0.1) is 17.3 Å². The topological polar surface area (TPSA) is 327 Å². The van der Waals surface area contributed by atoms with Crippen molar-refractivity contribution in [2.45, 2.75) is 150 Å². The van der Waals surface area contributed by atoms with E-state index in [2.05, 4.69) is 26.6 Å². The summed E-state index contributed by atoms with van der Waals surface area (Å²) in [4.78, 5) is 121. The number of nitrogens with two attached hydrogens (primary N) is 2. The van der Waals surface area contributed by atoms with Gasteiger partial charge in [0.1, 0.15) is 30.8 Å². The average molecular weight is 1080 g/mol. The lowest BCUT2D eigenvalue weighted by Crippen LogP contribution is -2.63. The highest BCUT2D eigenvalue weighted by atomic mass is 16.6. The van der Waals surface area contributed by atoms with Crippen molar-refractivity contribution in [3.05, 3.63) is 77.5 Å². The number of nitrogens with one attached hydrogen (secondary N) is 5. The lowest BCUT2D eigenvalue weighted by molar-refractivity contribution is -0.142. The van der Waals surface area contributed by atoms with E-state index in [0.29, 0.717) is 30.6 Å². The SMILES string of the molecule is C/C(=C\[C@H](C(C)C)N(C)C(=O)[C@@H](NC(=O)[C@@H](N(C)C(=O)OCc1ccc(NC(=O)[C@H](CCCCNC(N)=O)NC(=O)C(N)C(C)C)cc1)C(C)(C)c1cn(C)c2ccccc12)C(C)(C)C)C(=O)N[C@H](CCC(=O)O)C(=O)O. The fourth-order valence-corrected chi connectivity index (χ4v) is 8.88. The van der Waals surface area contributed by atoms with E-state index >= 15 is 4.79 Å². The molecule has 0 saturated heterocycles. The van der Waals surface area contributed by atoms with Gasteiger partial charge in [0.15, 0.2) is 0 Å². The zero-order chi connectivity index (χ0) is 58.3. The van der Waals surface area contributed by atoms with Gasteiger partial charge in [-0.05, 0) is 79.2 Å². The first-order valence-corrected chi connectivity index (χ1v) is 25.7. The lowest BCUT2D eigenvalue weighted by Gasteiger charge is -2.42. The first kappa shape index (κ1) is 63.8. The van der Waals surface area contributed by atoms with Gasteiger partial charge >= 0.3 is 24.1 Å². The minimum absolute atomic E-state index is 0.0836. The summed E-state index contributed by atoms with van der Waals surface area (Å²) in [6.07, 6.45) is 2.98. The van der Waals surface area contributed by atoms with Crippen LogP contribution in [0.2, 0.25) is 0 Å². The zero-order valence-electron chi connectivity index (χ0n) is 46.8. The van der Waals surface area contributed by atoms with Gasteiger partial charge in [-0.25, -0.2) is 14.4 Å². The Balaban J connectivity index is 1.93. The number of likely N-dealkylation sites (N-methyl/N-ethyl adjacent to an activating group) is 2. The minimum atomic E-state index is -1.46. The van der Waals surface area contributed by atoms with Crippen LogP contribution in [-0.2, 0) is 57.4 Å². The second kappa shape index (κ2) is 28.0. The molecule has 0 aliphatic heterocycles. The van der Waals surface area contributed by atoms with Crippen molar-refractivity contribution in [2.75, 3.05) is 26.0 Å². The first-order valence-electron chi connectivity index (χ1n) is 25.7. The summed E-state index contributed by atoms with van der Waals surface area (Å²) >= 11 is 0. The largest absolute Gasteiger partial charge is 0.481 e. The van der Waals surface area contributed by atoms with Gasteiger partial charge in [0.2, 0.25) is 29.5 Å². The Kier molecular flexibility index (Phi) is 23.2.